The van der Waals surface area contributed by atoms with Crippen LogP contribution in [0.25, 0.3) is 0 Å². The van der Waals surface area contributed by atoms with Crippen LogP contribution in [0.5, 0.6) is 0 Å². The van der Waals surface area contributed by atoms with Crippen molar-refractivity contribution >= 4 is 36.9 Å². The molecule has 15 atom stereocenters. The van der Waals surface area contributed by atoms with Crippen LogP contribution in [-0.4, -0.2) is 207 Å². The number of hydrogen-bond acceptors (Lipinski definition) is 20. The largest absolute Gasteiger partial charge is 0.444 e. The molecule has 0 spiro atoms. The molecule has 71 heavy (non-hydrogen) atoms. The minimum absolute atomic E-state index is 0.312. The predicted octanol–water partition coefficient (Wildman–Crippen LogP) is 0.601. The first-order valence-corrected chi connectivity index (χ1v) is 23.4. The van der Waals surface area contributed by atoms with Crippen molar-refractivity contribution in [2.24, 2.45) is 0 Å². The summed E-state index contributed by atoms with van der Waals surface area (Å²) in [4.78, 5) is 79.0. The number of aliphatic hydroxyl groups excluding tert-OH is 5. The van der Waals surface area contributed by atoms with Crippen LogP contribution in [0.4, 0.5) is 24.0 Å². The van der Waals surface area contributed by atoms with Gasteiger partial charge < -0.3 is 99.6 Å². The summed E-state index contributed by atoms with van der Waals surface area (Å²) in [7, 11) is 1.37. The second-order valence-corrected chi connectivity index (χ2v) is 22.8. The smallest absolute Gasteiger partial charge is 0.408 e. The molecule has 3 aliphatic rings. The van der Waals surface area contributed by atoms with E-state index in [9.17, 15) is 54.3 Å². The highest BCUT2D eigenvalue weighted by molar-refractivity contribution is 5.70. The molecule has 10 N–H and O–H groups in total. The van der Waals surface area contributed by atoms with E-state index in [1.165, 1.54) is 7.05 Å². The maximum absolute atomic E-state index is 13.6. The summed E-state index contributed by atoms with van der Waals surface area (Å²) in [5.41, 5.74) is -5.12. The van der Waals surface area contributed by atoms with Crippen LogP contribution in [0.3, 0.4) is 0 Å². The van der Waals surface area contributed by atoms with Gasteiger partial charge in [0.15, 0.2) is 12.6 Å². The average molecular weight is 1030 g/mol. The number of hydrogen-bond donors (Lipinski definition) is 10. The van der Waals surface area contributed by atoms with E-state index >= 15 is 0 Å². The van der Waals surface area contributed by atoms with Crippen LogP contribution in [0.1, 0.15) is 110 Å². The highest BCUT2D eigenvalue weighted by Gasteiger charge is 2.55. The van der Waals surface area contributed by atoms with Gasteiger partial charge in [0.25, 0.3) is 0 Å². The summed E-state index contributed by atoms with van der Waals surface area (Å²) in [6.07, 6.45) is -24.7. The van der Waals surface area contributed by atoms with Gasteiger partial charge in [0.05, 0.1) is 18.1 Å². The first kappa shape index (κ1) is 60.8. The number of likely N-dealkylation sites (N-methyl/N-ethyl adjacent to an activating group) is 1. The number of carbonyl (C=O) groups is 6. The lowest BCUT2D eigenvalue weighted by atomic mass is 9.83. The number of amides is 6. The summed E-state index contributed by atoms with van der Waals surface area (Å²) in [5, 5.41) is 71.4. The summed E-state index contributed by atoms with van der Waals surface area (Å²) in [6.45, 7) is 23.1. The Hall–Kier alpha value is -4.54. The number of rotatable bonds is 13. The zero-order chi connectivity index (χ0) is 54.4. The van der Waals surface area contributed by atoms with Gasteiger partial charge >= 0.3 is 30.5 Å². The van der Waals surface area contributed by atoms with E-state index in [0.717, 1.165) is 4.90 Å². The standard InChI is InChI=1S/C45H80N6O20/c1-41(2,3)67-36(58)46-18-23-28(54)29(55)26(50-40(62)71-45(13,14)15)34(63-23)65-32-21(47-37(59)68-42(4,5)6)17-22(48-38(60)69-43(7,8)9)33(31(32)57)66-35-30(56)25(49-39(61)70-44(10,11)12)27(53)24(64-35)19-51(16)20-52/h20-35,53-57H,17-19H2,1-16H3,(H,46,58)(H,47,59)(H,48,60)(H,49,61)(H,50,62). The first-order chi connectivity index (χ1) is 32.3. The van der Waals surface area contributed by atoms with Crippen LogP contribution < -0.4 is 26.6 Å². The summed E-state index contributed by atoms with van der Waals surface area (Å²) in [6, 6.07) is -6.10. The van der Waals surface area contributed by atoms with Gasteiger partial charge in [0.1, 0.15) is 89.0 Å². The monoisotopic (exact) mass is 1020 g/mol. The fourth-order valence-electron chi connectivity index (χ4n) is 7.52. The number of nitrogens with zero attached hydrogens (tertiary/aromatic N) is 1. The van der Waals surface area contributed by atoms with Gasteiger partial charge in [-0.1, -0.05) is 0 Å². The van der Waals surface area contributed by atoms with Crippen molar-refractivity contribution < 1.29 is 96.9 Å². The Balaban J connectivity index is 2.22. The Kier molecular flexibility index (Phi) is 20.5. The van der Waals surface area contributed by atoms with Crippen LogP contribution in [0, 0.1) is 0 Å². The van der Waals surface area contributed by atoms with Crippen molar-refractivity contribution in [1.82, 2.24) is 31.5 Å². The zero-order valence-electron chi connectivity index (χ0n) is 43.7. The third kappa shape index (κ3) is 19.8. The number of aliphatic hydroxyl groups is 5. The topological polar surface area (TPSA) is 350 Å². The van der Waals surface area contributed by atoms with Gasteiger partial charge in [-0.3, -0.25) is 4.79 Å². The number of ether oxygens (including phenoxy) is 9. The molecule has 0 aromatic heterocycles. The molecular formula is C45H80N6O20. The van der Waals surface area contributed by atoms with Crippen molar-refractivity contribution in [2.45, 2.75) is 230 Å². The molecule has 1 saturated carbocycles. The molecule has 0 bridgehead atoms. The van der Waals surface area contributed by atoms with Crippen molar-refractivity contribution in [1.29, 1.82) is 0 Å². The molecule has 0 aromatic carbocycles. The van der Waals surface area contributed by atoms with Gasteiger partial charge in [-0.25, -0.2) is 24.0 Å². The SMILES string of the molecule is CN(C=O)CC1OC(OC2C(NC(=O)OC(C)(C)C)CC(NC(=O)OC(C)(C)C)C(OC3OC(CNC(=O)OC(C)(C)C)C(O)C(O)C3NC(=O)OC(C)(C)C)C2O)C(O)C(NC(=O)OC(C)(C)C)C1O. The van der Waals surface area contributed by atoms with E-state index in [-0.39, 0.29) is 6.54 Å². The van der Waals surface area contributed by atoms with E-state index in [4.69, 9.17) is 42.6 Å². The number of carbonyl (C=O) groups excluding carboxylic acids is 6. The fourth-order valence-corrected chi connectivity index (χ4v) is 7.52. The Morgan fingerprint density at radius 1 is 0.507 bits per heavy atom. The fraction of sp³-hybridized carbons (Fsp3) is 0.867. The summed E-state index contributed by atoms with van der Waals surface area (Å²) < 4.78 is 52.2. The molecule has 6 amide bonds. The molecule has 0 radical (unpaired) electrons. The second kappa shape index (κ2) is 24.0. The van der Waals surface area contributed by atoms with E-state index in [1.807, 2.05) is 0 Å². The molecule has 0 aromatic rings. The third-order valence-corrected chi connectivity index (χ3v) is 10.2. The lowest BCUT2D eigenvalue weighted by molar-refractivity contribution is -0.321. The van der Waals surface area contributed by atoms with Gasteiger partial charge in [-0.2, -0.15) is 0 Å². The van der Waals surface area contributed by atoms with Crippen molar-refractivity contribution in [3.8, 4) is 0 Å². The minimum atomic E-state index is -2.06. The second-order valence-electron chi connectivity index (χ2n) is 22.8. The maximum atomic E-state index is 13.6. The van der Waals surface area contributed by atoms with Gasteiger partial charge in [-0.15, -0.1) is 0 Å². The molecule has 2 saturated heterocycles. The highest BCUT2D eigenvalue weighted by Crippen LogP contribution is 2.34. The quantitative estimate of drug-likeness (QED) is 0.0892. The molecule has 26 nitrogen and oxygen atoms in total. The van der Waals surface area contributed by atoms with Crippen molar-refractivity contribution in [3.63, 3.8) is 0 Å². The molecule has 1 aliphatic carbocycles. The minimum Gasteiger partial charge on any atom is -0.444 e. The normalized spacial score (nSPS) is 31.7. The van der Waals surface area contributed by atoms with Crippen LogP contribution in [0.15, 0.2) is 0 Å². The third-order valence-electron chi connectivity index (χ3n) is 10.2. The lowest BCUT2D eigenvalue weighted by Gasteiger charge is -2.50. The molecule has 2 heterocycles. The van der Waals surface area contributed by atoms with E-state index < -0.39 is 163 Å². The van der Waals surface area contributed by atoms with Gasteiger partial charge in [-0.05, 0) is 110 Å². The number of alkyl carbamates (subject to hydrolysis) is 5. The van der Waals surface area contributed by atoms with E-state index in [2.05, 4.69) is 26.6 Å². The van der Waals surface area contributed by atoms with Crippen LogP contribution >= 0.6 is 0 Å². The first-order valence-electron chi connectivity index (χ1n) is 23.4. The Labute approximate surface area is 414 Å². The zero-order valence-corrected chi connectivity index (χ0v) is 43.7. The molecule has 3 fully saturated rings. The molecular weight excluding hydrogens is 945 g/mol. The molecule has 3 rings (SSSR count). The number of nitrogens with one attached hydrogen (secondary N) is 5. The van der Waals surface area contributed by atoms with E-state index in [0.29, 0.717) is 6.41 Å². The van der Waals surface area contributed by atoms with Crippen molar-refractivity contribution in [2.75, 3.05) is 20.1 Å². The Morgan fingerprint density at radius 3 is 1.31 bits per heavy atom. The van der Waals surface area contributed by atoms with Gasteiger partial charge in [0.2, 0.25) is 6.41 Å². The molecule has 2 aliphatic heterocycles. The Morgan fingerprint density at radius 2 is 0.887 bits per heavy atom. The summed E-state index contributed by atoms with van der Waals surface area (Å²) >= 11 is 0. The highest BCUT2D eigenvalue weighted by atomic mass is 16.7. The van der Waals surface area contributed by atoms with Crippen molar-refractivity contribution in [3.05, 3.63) is 0 Å². The molecule has 410 valence electrons. The Bertz CT molecular complexity index is 1810. The average Bonchev–Trinajstić information content (AvgIpc) is 3.16. The molecule has 15 unspecified atom stereocenters. The van der Waals surface area contributed by atoms with Crippen LogP contribution in [-0.2, 0) is 47.4 Å². The maximum Gasteiger partial charge on any atom is 0.408 e. The molecule has 26 heteroatoms. The summed E-state index contributed by atoms with van der Waals surface area (Å²) in [5.74, 6) is 0. The van der Waals surface area contributed by atoms with Crippen LogP contribution in [0.2, 0.25) is 0 Å². The predicted molar refractivity (Wildman–Crippen MR) is 247 cm³/mol. The lowest BCUT2D eigenvalue weighted by Crippen LogP contribution is -2.71. The van der Waals surface area contributed by atoms with E-state index in [1.54, 1.807) is 104 Å². The van der Waals surface area contributed by atoms with Gasteiger partial charge in [0, 0.05) is 20.1 Å².